The molecule has 0 spiro atoms. The second kappa shape index (κ2) is 9.25. The van der Waals surface area contributed by atoms with E-state index in [-0.39, 0.29) is 11.8 Å². The maximum Gasteiger partial charge on any atom is 0.227 e. The number of thiol groups is 1. The second-order valence-electron chi connectivity index (χ2n) is 5.00. The largest absolute Gasteiger partial charge is 0.326 e. The van der Waals surface area contributed by atoms with Gasteiger partial charge in [-0.25, -0.2) is 0 Å². The summed E-state index contributed by atoms with van der Waals surface area (Å²) in [7, 11) is 0. The standard InChI is InChI=1S/C17H22N2OS/c1-3-5-6-14(4-2)17(20)19-15-9-7-13(8-10-15)11-16(21)12-18/h7-11,14,21H,3-6H2,1-2H3,(H,19,20)/b16-11+. The van der Waals surface area contributed by atoms with E-state index < -0.39 is 0 Å². The van der Waals surface area contributed by atoms with Crippen molar-refractivity contribution in [1.82, 2.24) is 0 Å². The van der Waals surface area contributed by atoms with E-state index in [1.807, 2.05) is 37.3 Å². The number of nitrogens with zero attached hydrogens (tertiary/aromatic N) is 1. The van der Waals surface area contributed by atoms with Crippen molar-refractivity contribution >= 4 is 30.3 Å². The third-order valence-corrected chi connectivity index (χ3v) is 3.59. The van der Waals surface area contributed by atoms with E-state index in [1.165, 1.54) is 0 Å². The van der Waals surface area contributed by atoms with E-state index in [0.29, 0.717) is 4.91 Å². The van der Waals surface area contributed by atoms with Gasteiger partial charge in [0.1, 0.15) is 6.07 Å². The molecule has 1 amide bonds. The molecule has 1 unspecified atom stereocenters. The maximum absolute atomic E-state index is 12.2. The average molecular weight is 302 g/mol. The number of amides is 1. The lowest BCUT2D eigenvalue weighted by Gasteiger charge is -2.14. The summed E-state index contributed by atoms with van der Waals surface area (Å²) in [4.78, 5) is 12.5. The summed E-state index contributed by atoms with van der Waals surface area (Å²) in [6.07, 6.45) is 5.66. The minimum atomic E-state index is 0.0761. The first-order chi connectivity index (χ1) is 10.1. The lowest BCUT2D eigenvalue weighted by molar-refractivity contribution is -0.120. The molecule has 0 aromatic heterocycles. The van der Waals surface area contributed by atoms with Crippen LogP contribution in [-0.2, 0) is 4.79 Å². The predicted octanol–water partition coefficient (Wildman–Crippen LogP) is 4.64. The molecule has 0 saturated heterocycles. The molecule has 1 atom stereocenters. The fourth-order valence-corrected chi connectivity index (χ4v) is 2.22. The van der Waals surface area contributed by atoms with E-state index in [2.05, 4.69) is 24.9 Å². The van der Waals surface area contributed by atoms with Crippen molar-refractivity contribution in [2.24, 2.45) is 5.92 Å². The number of benzene rings is 1. The van der Waals surface area contributed by atoms with Crippen LogP contribution < -0.4 is 5.32 Å². The fourth-order valence-electron chi connectivity index (χ4n) is 2.07. The van der Waals surface area contributed by atoms with Crippen LogP contribution in [0.1, 0.15) is 45.1 Å². The van der Waals surface area contributed by atoms with Crippen LogP contribution >= 0.6 is 12.6 Å². The fraction of sp³-hybridized carbons (Fsp3) is 0.412. The van der Waals surface area contributed by atoms with Crippen molar-refractivity contribution in [2.45, 2.75) is 39.5 Å². The summed E-state index contributed by atoms with van der Waals surface area (Å²) in [6.45, 7) is 4.18. The highest BCUT2D eigenvalue weighted by molar-refractivity contribution is 7.85. The molecular weight excluding hydrogens is 280 g/mol. The van der Waals surface area contributed by atoms with Crippen LogP contribution in [0.2, 0.25) is 0 Å². The Hall–Kier alpha value is -1.73. The summed E-state index contributed by atoms with van der Waals surface area (Å²) >= 11 is 4.03. The Labute approximate surface area is 132 Å². The van der Waals surface area contributed by atoms with Crippen LogP contribution in [0.4, 0.5) is 5.69 Å². The van der Waals surface area contributed by atoms with Crippen LogP contribution in [-0.4, -0.2) is 5.91 Å². The average Bonchev–Trinajstić information content (AvgIpc) is 2.50. The molecule has 112 valence electrons. The molecule has 1 aromatic rings. The molecule has 0 saturated carbocycles. The van der Waals surface area contributed by atoms with Crippen molar-refractivity contribution in [3.05, 3.63) is 34.7 Å². The van der Waals surface area contributed by atoms with Crippen molar-refractivity contribution in [3.63, 3.8) is 0 Å². The highest BCUT2D eigenvalue weighted by Gasteiger charge is 2.15. The number of unbranched alkanes of at least 4 members (excludes halogenated alkanes) is 1. The minimum absolute atomic E-state index is 0.0761. The molecule has 0 radical (unpaired) electrons. The smallest absolute Gasteiger partial charge is 0.227 e. The van der Waals surface area contributed by atoms with Gasteiger partial charge in [0.25, 0.3) is 0 Å². The SMILES string of the molecule is CCCCC(CC)C(=O)Nc1ccc(/C=C(/S)C#N)cc1. The van der Waals surface area contributed by atoms with E-state index >= 15 is 0 Å². The Morgan fingerprint density at radius 2 is 2.05 bits per heavy atom. The normalized spacial score (nSPS) is 12.6. The third kappa shape index (κ3) is 6.05. The number of hydrogen-bond acceptors (Lipinski definition) is 3. The molecule has 0 fully saturated rings. The zero-order chi connectivity index (χ0) is 15.7. The summed E-state index contributed by atoms with van der Waals surface area (Å²) in [5.41, 5.74) is 1.67. The molecule has 0 bridgehead atoms. The predicted molar refractivity (Wildman–Crippen MR) is 91.0 cm³/mol. The summed E-state index contributed by atoms with van der Waals surface area (Å²) in [6, 6.07) is 9.36. The van der Waals surface area contributed by atoms with E-state index in [9.17, 15) is 4.79 Å². The maximum atomic E-state index is 12.2. The number of nitriles is 1. The van der Waals surface area contributed by atoms with Crippen molar-refractivity contribution < 1.29 is 4.79 Å². The van der Waals surface area contributed by atoms with Crippen molar-refractivity contribution in [1.29, 1.82) is 5.26 Å². The van der Waals surface area contributed by atoms with Crippen LogP contribution in [0.15, 0.2) is 29.2 Å². The van der Waals surface area contributed by atoms with E-state index in [0.717, 1.165) is 36.9 Å². The Balaban J connectivity index is 2.67. The Morgan fingerprint density at radius 3 is 2.57 bits per heavy atom. The first-order valence-electron chi connectivity index (χ1n) is 7.32. The lowest BCUT2D eigenvalue weighted by atomic mass is 9.98. The van der Waals surface area contributed by atoms with E-state index in [4.69, 9.17) is 5.26 Å². The van der Waals surface area contributed by atoms with Crippen molar-refractivity contribution in [3.8, 4) is 6.07 Å². The van der Waals surface area contributed by atoms with Gasteiger partial charge < -0.3 is 5.32 Å². The molecular formula is C17H22N2OS. The first-order valence-corrected chi connectivity index (χ1v) is 7.77. The first kappa shape index (κ1) is 17.3. The molecule has 4 heteroatoms. The minimum Gasteiger partial charge on any atom is -0.326 e. The van der Waals surface area contributed by atoms with Crippen LogP contribution in [0.25, 0.3) is 6.08 Å². The van der Waals surface area contributed by atoms with Gasteiger partial charge in [0, 0.05) is 11.6 Å². The summed E-state index contributed by atoms with van der Waals surface area (Å²) in [5.74, 6) is 0.160. The number of hydrogen-bond donors (Lipinski definition) is 2. The number of nitrogens with one attached hydrogen (secondary N) is 1. The topological polar surface area (TPSA) is 52.9 Å². The summed E-state index contributed by atoms with van der Waals surface area (Å²) < 4.78 is 0. The number of anilines is 1. The van der Waals surface area contributed by atoms with Gasteiger partial charge in [0.2, 0.25) is 5.91 Å². The van der Waals surface area contributed by atoms with Crippen LogP contribution in [0.3, 0.4) is 0 Å². The molecule has 1 aromatic carbocycles. The monoisotopic (exact) mass is 302 g/mol. The molecule has 0 aliphatic heterocycles. The van der Waals surface area contributed by atoms with Gasteiger partial charge in [-0.15, -0.1) is 12.6 Å². The van der Waals surface area contributed by atoms with E-state index in [1.54, 1.807) is 6.08 Å². The summed E-state index contributed by atoms with van der Waals surface area (Å²) in [5, 5.41) is 11.6. The highest BCUT2D eigenvalue weighted by Crippen LogP contribution is 2.18. The Bertz CT molecular complexity index is 529. The molecule has 0 aliphatic carbocycles. The quantitative estimate of drug-likeness (QED) is 0.569. The number of carbonyl (C=O) groups excluding carboxylic acids is 1. The van der Waals surface area contributed by atoms with Gasteiger partial charge in [-0.05, 0) is 36.6 Å². The van der Waals surface area contributed by atoms with Gasteiger partial charge in [-0.1, -0.05) is 38.8 Å². The second-order valence-corrected chi connectivity index (χ2v) is 5.48. The molecule has 21 heavy (non-hydrogen) atoms. The molecule has 0 heterocycles. The molecule has 1 N–H and O–H groups in total. The van der Waals surface area contributed by atoms with Crippen LogP contribution in [0.5, 0.6) is 0 Å². The zero-order valence-corrected chi connectivity index (χ0v) is 13.5. The van der Waals surface area contributed by atoms with Crippen molar-refractivity contribution in [2.75, 3.05) is 5.32 Å². The van der Waals surface area contributed by atoms with Gasteiger partial charge in [-0.3, -0.25) is 4.79 Å². The number of allylic oxidation sites excluding steroid dienone is 1. The van der Waals surface area contributed by atoms with Gasteiger partial charge in [0.05, 0.1) is 4.91 Å². The highest BCUT2D eigenvalue weighted by atomic mass is 32.1. The van der Waals surface area contributed by atoms with Crippen LogP contribution in [0, 0.1) is 17.2 Å². The number of carbonyl (C=O) groups is 1. The Morgan fingerprint density at radius 1 is 1.38 bits per heavy atom. The van der Waals surface area contributed by atoms with Gasteiger partial charge >= 0.3 is 0 Å². The third-order valence-electron chi connectivity index (χ3n) is 3.37. The zero-order valence-electron chi connectivity index (χ0n) is 12.6. The molecule has 0 aliphatic rings. The lowest BCUT2D eigenvalue weighted by Crippen LogP contribution is -2.22. The van der Waals surface area contributed by atoms with Gasteiger partial charge in [0.15, 0.2) is 0 Å². The van der Waals surface area contributed by atoms with Gasteiger partial charge in [-0.2, -0.15) is 5.26 Å². The molecule has 1 rings (SSSR count). The Kier molecular flexibility index (Phi) is 7.63. The molecule has 3 nitrogen and oxygen atoms in total. The number of rotatable bonds is 7.